The molecule has 0 aliphatic heterocycles. The van der Waals surface area contributed by atoms with Crippen molar-refractivity contribution < 1.29 is 131 Å². The molecular formula is CHKNa2O4. The number of hydrogen-bond acceptors (Lipinski definition) is 4. The van der Waals surface area contributed by atoms with Gasteiger partial charge in [0.25, 0.3) is 0 Å². The van der Waals surface area contributed by atoms with Gasteiger partial charge in [-0.2, -0.15) is 0 Å². The molecule has 0 aromatic carbocycles. The van der Waals surface area contributed by atoms with E-state index in [0.717, 1.165) is 0 Å². The Labute approximate surface area is 134 Å². The van der Waals surface area contributed by atoms with E-state index in [9.17, 15) is 0 Å². The van der Waals surface area contributed by atoms with Crippen molar-refractivity contribution in [2.75, 3.05) is 0 Å². The Morgan fingerprint density at radius 1 is 1.12 bits per heavy atom. The van der Waals surface area contributed by atoms with Gasteiger partial charge in [-0.1, -0.05) is 0 Å². The Morgan fingerprint density at radius 2 is 1.12 bits per heavy atom. The van der Waals surface area contributed by atoms with Gasteiger partial charge in [0.2, 0.25) is 0 Å². The van der Waals surface area contributed by atoms with Gasteiger partial charge in [-0.05, 0) is 6.16 Å². The van der Waals surface area contributed by atoms with Crippen LogP contribution in [0.25, 0.3) is 0 Å². The molecule has 0 rings (SSSR count). The van der Waals surface area contributed by atoms with E-state index in [0.29, 0.717) is 0 Å². The molecule has 0 radical (unpaired) electrons. The molecular weight excluding hydrogens is 161 g/mol. The van der Waals surface area contributed by atoms with Gasteiger partial charge in [0.1, 0.15) is 0 Å². The maximum absolute atomic E-state index is 8.33. The van der Waals surface area contributed by atoms with Gasteiger partial charge in [0, 0.05) is 0 Å². The van der Waals surface area contributed by atoms with Gasteiger partial charge >= 0.3 is 110 Å². The number of rotatable bonds is 0. The number of hydrogen-bond donors (Lipinski definition) is 0. The van der Waals surface area contributed by atoms with Gasteiger partial charge < -0.3 is 20.5 Å². The molecule has 0 unspecified atom stereocenters. The maximum Gasteiger partial charge on any atom is 1.00 e. The normalized spacial score (nSPS) is 3.00. The molecule has 0 saturated carbocycles. The molecule has 0 aromatic rings. The van der Waals surface area contributed by atoms with Crippen LogP contribution in [0.3, 0.4) is 0 Å². The zero-order chi connectivity index (χ0) is 3.58. The Morgan fingerprint density at radius 3 is 1.12 bits per heavy atom. The number of carbonyl (C=O) groups is 1. The molecule has 0 bridgehead atoms. The molecule has 0 aromatic heterocycles. The third-order valence-corrected chi connectivity index (χ3v) is 0. The fourth-order valence-corrected chi connectivity index (χ4v) is 0. The van der Waals surface area contributed by atoms with Crippen LogP contribution in [0.15, 0.2) is 0 Å². The molecule has 0 heterocycles. The molecule has 0 aliphatic rings. The first-order valence-corrected chi connectivity index (χ1v) is 0.612. The van der Waals surface area contributed by atoms with E-state index in [1.54, 1.807) is 0 Å². The smallest absolute Gasteiger partial charge is 0.870 e. The van der Waals surface area contributed by atoms with Gasteiger partial charge in [-0.3, -0.25) is 0 Å². The van der Waals surface area contributed by atoms with E-state index in [2.05, 4.69) is 0 Å². The Hall–Kier alpha value is 2.87. The monoisotopic (exact) mass is 162 g/mol. The molecule has 0 spiro atoms. The van der Waals surface area contributed by atoms with Crippen LogP contribution in [0.2, 0.25) is 0 Å². The minimum atomic E-state index is -2.33. The summed E-state index contributed by atoms with van der Waals surface area (Å²) in [6, 6.07) is 0. The van der Waals surface area contributed by atoms with Crippen molar-refractivity contribution in [1.29, 1.82) is 0 Å². The van der Waals surface area contributed by atoms with E-state index >= 15 is 0 Å². The van der Waals surface area contributed by atoms with Crippen LogP contribution in [0.1, 0.15) is 0 Å². The summed E-state index contributed by atoms with van der Waals surface area (Å²) in [7, 11) is 0. The van der Waals surface area contributed by atoms with Gasteiger partial charge in [-0.25, -0.2) is 0 Å². The van der Waals surface area contributed by atoms with Crippen molar-refractivity contribution in [2.24, 2.45) is 0 Å². The SMILES string of the molecule is O=C([O-])[O-].[K+].[Na+].[Na+].[OH-]. The van der Waals surface area contributed by atoms with Gasteiger partial charge in [0.15, 0.2) is 0 Å². The summed E-state index contributed by atoms with van der Waals surface area (Å²) in [6.07, 6.45) is -2.33. The summed E-state index contributed by atoms with van der Waals surface area (Å²) < 4.78 is 0. The predicted octanol–water partition coefficient (Wildman–Crippen LogP) is -11.6. The van der Waals surface area contributed by atoms with Crippen LogP contribution < -0.4 is 121 Å². The van der Waals surface area contributed by atoms with Crippen molar-refractivity contribution in [1.82, 2.24) is 0 Å². The molecule has 0 atom stereocenters. The zero-order valence-corrected chi connectivity index (χ0v) is 12.3. The molecule has 0 amide bonds. The fourth-order valence-electron chi connectivity index (χ4n) is 0. The largest absolute Gasteiger partial charge is 1.00 e. The summed E-state index contributed by atoms with van der Waals surface area (Å²) in [5.74, 6) is 0. The van der Waals surface area contributed by atoms with E-state index in [-0.39, 0.29) is 116 Å². The summed E-state index contributed by atoms with van der Waals surface area (Å²) in [6.45, 7) is 0. The third kappa shape index (κ3) is 66.8. The van der Waals surface area contributed by atoms with Crippen LogP contribution in [-0.2, 0) is 0 Å². The summed E-state index contributed by atoms with van der Waals surface area (Å²) in [5.41, 5.74) is 0. The average molecular weight is 162 g/mol. The van der Waals surface area contributed by atoms with Crippen molar-refractivity contribution in [3.05, 3.63) is 0 Å². The third-order valence-electron chi connectivity index (χ3n) is 0. The molecule has 0 fully saturated rings. The second kappa shape index (κ2) is 22.5. The summed E-state index contributed by atoms with van der Waals surface area (Å²) >= 11 is 0. The molecule has 32 valence electrons. The number of carboxylic acid groups (broad SMARTS) is 2. The standard InChI is InChI=1S/CH2O3.K.2Na.H2O/c2-1(3)4;;;;/h(H2,2,3,4);;;;1H2/q;3*+1;/p-3. The van der Waals surface area contributed by atoms with E-state index < -0.39 is 6.16 Å². The quantitative estimate of drug-likeness (QED) is 0.330. The Bertz CT molecular complexity index is 37.0. The zero-order valence-electron chi connectivity index (χ0n) is 5.17. The molecule has 0 saturated heterocycles. The van der Waals surface area contributed by atoms with E-state index in [4.69, 9.17) is 15.0 Å². The van der Waals surface area contributed by atoms with Crippen molar-refractivity contribution >= 4 is 6.16 Å². The first-order valence-electron chi connectivity index (χ1n) is 0.612. The molecule has 4 nitrogen and oxygen atoms in total. The second-order valence-corrected chi connectivity index (χ2v) is 0.250. The first-order chi connectivity index (χ1) is 1.73. The molecule has 1 N–H and O–H groups in total. The summed E-state index contributed by atoms with van der Waals surface area (Å²) in [4.78, 5) is 8.33. The molecule has 0 aliphatic carbocycles. The minimum Gasteiger partial charge on any atom is -0.870 e. The van der Waals surface area contributed by atoms with Crippen molar-refractivity contribution in [2.45, 2.75) is 0 Å². The average Bonchev–Trinajstić information content (AvgIpc) is 0.811. The minimum absolute atomic E-state index is 0. The maximum atomic E-state index is 8.33. The topological polar surface area (TPSA) is 93.2 Å². The number of carbonyl (C=O) groups excluding carboxylic acids is 1. The van der Waals surface area contributed by atoms with E-state index in [1.165, 1.54) is 0 Å². The van der Waals surface area contributed by atoms with Crippen LogP contribution in [0.4, 0.5) is 4.79 Å². The van der Waals surface area contributed by atoms with Crippen molar-refractivity contribution in [3.63, 3.8) is 0 Å². The second-order valence-electron chi connectivity index (χ2n) is 0.250. The van der Waals surface area contributed by atoms with Gasteiger partial charge in [-0.15, -0.1) is 0 Å². The van der Waals surface area contributed by atoms with Crippen LogP contribution in [0, 0.1) is 0 Å². The van der Waals surface area contributed by atoms with Crippen LogP contribution in [-0.4, -0.2) is 11.6 Å². The summed E-state index contributed by atoms with van der Waals surface area (Å²) in [5, 5.41) is 16.7. The Balaban J connectivity index is -0.00000000750. The molecule has 7 heteroatoms. The first kappa shape index (κ1) is 30.7. The van der Waals surface area contributed by atoms with Crippen LogP contribution >= 0.6 is 0 Å². The van der Waals surface area contributed by atoms with Gasteiger partial charge in [0.05, 0.1) is 0 Å². The Kier molecular flexibility index (Phi) is 86.6. The van der Waals surface area contributed by atoms with Crippen LogP contribution in [0.5, 0.6) is 0 Å². The van der Waals surface area contributed by atoms with Crippen molar-refractivity contribution in [3.8, 4) is 0 Å². The van der Waals surface area contributed by atoms with E-state index in [1.807, 2.05) is 0 Å². The molecule has 8 heavy (non-hydrogen) atoms. The fraction of sp³-hybridized carbons (Fsp3) is 0. The predicted molar refractivity (Wildman–Crippen MR) is 7.33 cm³/mol.